The molecule has 0 fully saturated rings. The van der Waals surface area contributed by atoms with E-state index in [1.165, 1.54) is 32.2 Å². The Morgan fingerprint density at radius 3 is 2.27 bits per heavy atom. The highest BCUT2D eigenvalue weighted by Crippen LogP contribution is 2.17. The SMILES string of the molecule is CCC(CCCN(C)C(C)(C)CC)NC. The molecular formula is C13H30N2. The van der Waals surface area contributed by atoms with Gasteiger partial charge in [0.25, 0.3) is 0 Å². The Labute approximate surface area is 96.4 Å². The van der Waals surface area contributed by atoms with Crippen molar-refractivity contribution in [1.82, 2.24) is 10.2 Å². The van der Waals surface area contributed by atoms with E-state index in [1.807, 2.05) is 0 Å². The molecule has 0 aliphatic heterocycles. The van der Waals surface area contributed by atoms with Crippen LogP contribution < -0.4 is 5.32 Å². The summed E-state index contributed by atoms with van der Waals surface area (Å²) in [5.41, 5.74) is 0.349. The molecule has 0 aromatic carbocycles. The van der Waals surface area contributed by atoms with Crippen LogP contribution in [0.15, 0.2) is 0 Å². The van der Waals surface area contributed by atoms with Gasteiger partial charge in [0.05, 0.1) is 0 Å². The van der Waals surface area contributed by atoms with Crippen molar-refractivity contribution in [3.63, 3.8) is 0 Å². The van der Waals surface area contributed by atoms with Crippen molar-refractivity contribution in [1.29, 1.82) is 0 Å². The Balaban J connectivity index is 3.76. The van der Waals surface area contributed by atoms with Gasteiger partial charge in [0.2, 0.25) is 0 Å². The van der Waals surface area contributed by atoms with Crippen LogP contribution in [0.25, 0.3) is 0 Å². The second kappa shape index (κ2) is 7.24. The maximum Gasteiger partial charge on any atom is 0.0147 e. The molecule has 0 spiro atoms. The Morgan fingerprint density at radius 2 is 1.87 bits per heavy atom. The van der Waals surface area contributed by atoms with Gasteiger partial charge in [0.1, 0.15) is 0 Å². The molecule has 92 valence electrons. The molecule has 2 nitrogen and oxygen atoms in total. The van der Waals surface area contributed by atoms with Gasteiger partial charge in [-0.3, -0.25) is 0 Å². The molecule has 1 unspecified atom stereocenters. The summed E-state index contributed by atoms with van der Waals surface area (Å²) in [6, 6.07) is 0.697. The van der Waals surface area contributed by atoms with E-state index in [1.54, 1.807) is 0 Å². The Kier molecular flexibility index (Phi) is 7.20. The van der Waals surface area contributed by atoms with E-state index < -0.39 is 0 Å². The quantitative estimate of drug-likeness (QED) is 0.668. The zero-order valence-electron chi connectivity index (χ0n) is 11.6. The Hall–Kier alpha value is -0.0800. The molecule has 0 aliphatic carbocycles. The van der Waals surface area contributed by atoms with E-state index in [0.29, 0.717) is 11.6 Å². The maximum absolute atomic E-state index is 3.36. The standard InChI is InChI=1S/C13H30N2/c1-7-12(14-5)10-9-11-15(6)13(3,4)8-2/h12,14H,7-11H2,1-6H3. The molecule has 0 amide bonds. The zero-order valence-corrected chi connectivity index (χ0v) is 11.6. The number of rotatable bonds is 8. The van der Waals surface area contributed by atoms with Gasteiger partial charge < -0.3 is 10.2 Å². The van der Waals surface area contributed by atoms with Crippen LogP contribution in [0.1, 0.15) is 53.4 Å². The molecule has 0 saturated heterocycles. The molecule has 0 rings (SSSR count). The molecule has 1 atom stereocenters. The third kappa shape index (κ3) is 5.53. The molecule has 2 heteroatoms. The normalized spacial score (nSPS) is 14.6. The van der Waals surface area contributed by atoms with Crippen molar-refractivity contribution in [3.05, 3.63) is 0 Å². The summed E-state index contributed by atoms with van der Waals surface area (Å²) in [5, 5.41) is 3.36. The van der Waals surface area contributed by atoms with Crippen LogP contribution in [0.2, 0.25) is 0 Å². The molecular weight excluding hydrogens is 184 g/mol. The minimum atomic E-state index is 0.349. The monoisotopic (exact) mass is 214 g/mol. The van der Waals surface area contributed by atoms with Crippen molar-refractivity contribution in [2.24, 2.45) is 0 Å². The van der Waals surface area contributed by atoms with Crippen molar-refractivity contribution in [2.75, 3.05) is 20.6 Å². The van der Waals surface area contributed by atoms with Crippen LogP contribution in [0.3, 0.4) is 0 Å². The molecule has 15 heavy (non-hydrogen) atoms. The van der Waals surface area contributed by atoms with Crippen LogP contribution >= 0.6 is 0 Å². The van der Waals surface area contributed by atoms with Crippen molar-refractivity contribution < 1.29 is 0 Å². The number of nitrogens with zero attached hydrogens (tertiary/aromatic N) is 1. The summed E-state index contributed by atoms with van der Waals surface area (Å²) in [4.78, 5) is 2.48. The molecule has 0 saturated carbocycles. The van der Waals surface area contributed by atoms with Gasteiger partial charge in [-0.1, -0.05) is 13.8 Å². The number of hydrogen-bond acceptors (Lipinski definition) is 2. The van der Waals surface area contributed by atoms with Crippen LogP contribution in [-0.2, 0) is 0 Å². The summed E-state index contributed by atoms with van der Waals surface area (Å²) in [5.74, 6) is 0. The van der Waals surface area contributed by atoms with Gasteiger partial charge in [0, 0.05) is 11.6 Å². The highest BCUT2D eigenvalue weighted by molar-refractivity contribution is 4.77. The topological polar surface area (TPSA) is 15.3 Å². The maximum atomic E-state index is 3.36. The predicted molar refractivity (Wildman–Crippen MR) is 69.4 cm³/mol. The fourth-order valence-electron chi connectivity index (χ4n) is 1.70. The summed E-state index contributed by atoms with van der Waals surface area (Å²) in [6.45, 7) is 10.4. The van der Waals surface area contributed by atoms with E-state index in [4.69, 9.17) is 0 Å². The number of nitrogens with one attached hydrogen (secondary N) is 1. The van der Waals surface area contributed by atoms with Crippen molar-refractivity contribution in [2.45, 2.75) is 65.0 Å². The van der Waals surface area contributed by atoms with Crippen molar-refractivity contribution in [3.8, 4) is 0 Å². The van der Waals surface area contributed by atoms with Gasteiger partial charge in [-0.2, -0.15) is 0 Å². The first-order valence-corrected chi connectivity index (χ1v) is 6.36. The lowest BCUT2D eigenvalue weighted by Crippen LogP contribution is -2.41. The summed E-state index contributed by atoms with van der Waals surface area (Å²) < 4.78 is 0. The lowest BCUT2D eigenvalue weighted by molar-refractivity contribution is 0.147. The largest absolute Gasteiger partial charge is 0.317 e. The lowest BCUT2D eigenvalue weighted by atomic mass is 9.99. The molecule has 0 radical (unpaired) electrons. The molecule has 0 heterocycles. The summed E-state index contributed by atoms with van der Waals surface area (Å²) >= 11 is 0. The molecule has 0 aromatic heterocycles. The second-order valence-corrected chi connectivity index (χ2v) is 5.12. The van der Waals surface area contributed by atoms with Gasteiger partial charge in [-0.15, -0.1) is 0 Å². The van der Waals surface area contributed by atoms with E-state index >= 15 is 0 Å². The predicted octanol–water partition coefficient (Wildman–Crippen LogP) is 2.89. The van der Waals surface area contributed by atoms with Crippen LogP contribution in [0.4, 0.5) is 0 Å². The zero-order chi connectivity index (χ0) is 11.9. The lowest BCUT2D eigenvalue weighted by Gasteiger charge is -2.35. The average Bonchev–Trinajstić information content (AvgIpc) is 2.24. The molecule has 0 bridgehead atoms. The van der Waals surface area contributed by atoms with E-state index in [-0.39, 0.29) is 0 Å². The van der Waals surface area contributed by atoms with Crippen molar-refractivity contribution >= 4 is 0 Å². The first kappa shape index (κ1) is 14.9. The Bertz CT molecular complexity index is 151. The average molecular weight is 214 g/mol. The van der Waals surface area contributed by atoms with Crippen LogP contribution in [0.5, 0.6) is 0 Å². The van der Waals surface area contributed by atoms with Gasteiger partial charge >= 0.3 is 0 Å². The summed E-state index contributed by atoms with van der Waals surface area (Å²) in [6.07, 6.45) is 5.03. The number of hydrogen-bond donors (Lipinski definition) is 1. The highest BCUT2D eigenvalue weighted by Gasteiger charge is 2.20. The molecule has 0 aromatic rings. The highest BCUT2D eigenvalue weighted by atomic mass is 15.2. The van der Waals surface area contributed by atoms with E-state index in [0.717, 1.165) is 0 Å². The third-order valence-electron chi connectivity index (χ3n) is 3.85. The minimum Gasteiger partial charge on any atom is -0.317 e. The fourth-order valence-corrected chi connectivity index (χ4v) is 1.70. The fraction of sp³-hybridized carbons (Fsp3) is 1.00. The second-order valence-electron chi connectivity index (χ2n) is 5.12. The smallest absolute Gasteiger partial charge is 0.0147 e. The third-order valence-corrected chi connectivity index (χ3v) is 3.85. The Morgan fingerprint density at radius 1 is 1.27 bits per heavy atom. The van der Waals surface area contributed by atoms with Gasteiger partial charge in [0.15, 0.2) is 0 Å². The first-order chi connectivity index (χ1) is 6.97. The van der Waals surface area contributed by atoms with Gasteiger partial charge in [-0.05, 0) is 60.2 Å². The summed E-state index contributed by atoms with van der Waals surface area (Å²) in [7, 11) is 4.30. The molecule has 0 aliphatic rings. The van der Waals surface area contributed by atoms with Crippen LogP contribution in [0, 0.1) is 0 Å². The van der Waals surface area contributed by atoms with Crippen LogP contribution in [-0.4, -0.2) is 37.1 Å². The van der Waals surface area contributed by atoms with Gasteiger partial charge in [-0.25, -0.2) is 0 Å². The molecule has 1 N–H and O–H groups in total. The van der Waals surface area contributed by atoms with E-state index in [2.05, 4.69) is 52.0 Å². The van der Waals surface area contributed by atoms with E-state index in [9.17, 15) is 0 Å². The minimum absolute atomic E-state index is 0.349. The first-order valence-electron chi connectivity index (χ1n) is 6.36.